The molecule has 0 aliphatic heterocycles. The number of carbonyl (C=O) groups is 2. The Balaban J connectivity index is 3.61. The van der Waals surface area contributed by atoms with Gasteiger partial charge in [-0.15, -0.1) is 0 Å². The summed E-state index contributed by atoms with van der Waals surface area (Å²) in [4.78, 5) is 23.8. The Kier molecular flexibility index (Phi) is 23.7. The largest absolute Gasteiger partial charge is 0.466 e. The summed E-state index contributed by atoms with van der Waals surface area (Å²) >= 11 is 0. The second-order valence-corrected chi connectivity index (χ2v) is 9.08. The van der Waals surface area contributed by atoms with Gasteiger partial charge in [-0.25, -0.2) is 0 Å². The number of methoxy groups -OCH3 is 1. The fraction of sp³-hybridized carbons (Fsp3) is 0.926. The second kappa shape index (κ2) is 24.5. The van der Waals surface area contributed by atoms with Gasteiger partial charge in [0, 0.05) is 26.6 Å². The molecule has 0 fully saturated rings. The van der Waals surface area contributed by atoms with Crippen LogP contribution in [-0.2, 0) is 23.8 Å². The zero-order valence-corrected chi connectivity index (χ0v) is 21.5. The molecule has 0 saturated carbocycles. The van der Waals surface area contributed by atoms with E-state index in [1.165, 1.54) is 64.2 Å². The van der Waals surface area contributed by atoms with E-state index < -0.39 is 0 Å². The summed E-state index contributed by atoms with van der Waals surface area (Å²) < 4.78 is 15.9. The maximum absolute atomic E-state index is 12.0. The molecule has 0 N–H and O–H groups in total. The standard InChI is InChI=1S/C27H52O5/c1-4-6-8-9-10-11-12-13-14-16-22-31-26(28)19-17-20-27(29)32-24-25(21-23-30-3)18-15-7-5-2/h25H,4-24H2,1-3H3. The molecule has 1 atom stereocenters. The number of hydrogen-bond acceptors (Lipinski definition) is 5. The Morgan fingerprint density at radius 3 is 1.72 bits per heavy atom. The van der Waals surface area contributed by atoms with Gasteiger partial charge in [0.1, 0.15) is 0 Å². The van der Waals surface area contributed by atoms with E-state index in [9.17, 15) is 9.59 Å². The van der Waals surface area contributed by atoms with Crippen molar-refractivity contribution in [3.8, 4) is 0 Å². The van der Waals surface area contributed by atoms with Gasteiger partial charge in [-0.05, 0) is 31.6 Å². The molecule has 0 heterocycles. The second-order valence-electron chi connectivity index (χ2n) is 9.08. The summed E-state index contributed by atoms with van der Waals surface area (Å²) in [6.07, 6.45) is 19.2. The Morgan fingerprint density at radius 2 is 1.12 bits per heavy atom. The van der Waals surface area contributed by atoms with Gasteiger partial charge in [-0.3, -0.25) is 9.59 Å². The minimum atomic E-state index is -0.217. The van der Waals surface area contributed by atoms with E-state index in [-0.39, 0.29) is 24.8 Å². The molecule has 0 amide bonds. The van der Waals surface area contributed by atoms with Crippen molar-refractivity contribution in [2.24, 2.45) is 5.92 Å². The van der Waals surface area contributed by atoms with Crippen LogP contribution < -0.4 is 0 Å². The first-order chi connectivity index (χ1) is 15.6. The molecular formula is C27H52O5. The Hall–Kier alpha value is -1.10. The average Bonchev–Trinajstić information content (AvgIpc) is 2.79. The highest BCUT2D eigenvalue weighted by atomic mass is 16.5. The van der Waals surface area contributed by atoms with Crippen LogP contribution in [0.3, 0.4) is 0 Å². The van der Waals surface area contributed by atoms with E-state index in [1.54, 1.807) is 7.11 Å². The summed E-state index contributed by atoms with van der Waals surface area (Å²) in [5.41, 5.74) is 0. The molecule has 0 spiro atoms. The van der Waals surface area contributed by atoms with Crippen LogP contribution in [0, 0.1) is 5.92 Å². The molecule has 5 nitrogen and oxygen atoms in total. The van der Waals surface area contributed by atoms with Crippen molar-refractivity contribution in [2.45, 2.75) is 129 Å². The molecule has 0 rings (SSSR count). The number of carbonyl (C=O) groups excluding carboxylic acids is 2. The smallest absolute Gasteiger partial charge is 0.305 e. The van der Waals surface area contributed by atoms with Crippen LogP contribution in [0.1, 0.15) is 129 Å². The molecule has 1 unspecified atom stereocenters. The lowest BCUT2D eigenvalue weighted by atomic mass is 9.99. The number of rotatable bonds is 24. The molecule has 0 aromatic carbocycles. The van der Waals surface area contributed by atoms with Crippen molar-refractivity contribution < 1.29 is 23.8 Å². The van der Waals surface area contributed by atoms with Crippen LogP contribution in [0.15, 0.2) is 0 Å². The third-order valence-corrected chi connectivity index (χ3v) is 5.95. The van der Waals surface area contributed by atoms with Crippen molar-refractivity contribution in [1.29, 1.82) is 0 Å². The van der Waals surface area contributed by atoms with Gasteiger partial charge >= 0.3 is 11.9 Å². The SMILES string of the molecule is CCCCCCCCCCCCOC(=O)CCCC(=O)OCC(CCCCC)CCOC. The number of esters is 2. The predicted molar refractivity (Wildman–Crippen MR) is 132 cm³/mol. The van der Waals surface area contributed by atoms with E-state index >= 15 is 0 Å². The molecule has 0 saturated heterocycles. The normalized spacial score (nSPS) is 12.0. The molecular weight excluding hydrogens is 404 g/mol. The molecule has 0 bridgehead atoms. The van der Waals surface area contributed by atoms with Crippen LogP contribution in [0.25, 0.3) is 0 Å². The van der Waals surface area contributed by atoms with Gasteiger partial charge in [0.15, 0.2) is 0 Å². The van der Waals surface area contributed by atoms with Crippen molar-refractivity contribution in [3.05, 3.63) is 0 Å². The monoisotopic (exact) mass is 456 g/mol. The summed E-state index contributed by atoms with van der Waals surface area (Å²) in [6, 6.07) is 0. The Labute approximate surface area is 198 Å². The summed E-state index contributed by atoms with van der Waals surface area (Å²) in [6.45, 7) is 6.08. The fourth-order valence-corrected chi connectivity index (χ4v) is 3.79. The van der Waals surface area contributed by atoms with Crippen LogP contribution >= 0.6 is 0 Å². The highest BCUT2D eigenvalue weighted by Crippen LogP contribution is 2.15. The summed E-state index contributed by atoms with van der Waals surface area (Å²) in [7, 11) is 1.70. The first-order valence-corrected chi connectivity index (χ1v) is 13.4. The van der Waals surface area contributed by atoms with Crippen LogP contribution in [-0.4, -0.2) is 38.9 Å². The molecule has 32 heavy (non-hydrogen) atoms. The highest BCUT2D eigenvalue weighted by Gasteiger charge is 2.13. The van der Waals surface area contributed by atoms with Gasteiger partial charge in [-0.2, -0.15) is 0 Å². The van der Waals surface area contributed by atoms with E-state index in [1.807, 2.05) is 0 Å². The van der Waals surface area contributed by atoms with Crippen molar-refractivity contribution >= 4 is 11.9 Å². The Morgan fingerprint density at radius 1 is 0.594 bits per heavy atom. The predicted octanol–water partition coefficient (Wildman–Crippen LogP) is 7.40. The molecule has 0 aromatic rings. The molecule has 0 aromatic heterocycles. The van der Waals surface area contributed by atoms with Crippen LogP contribution in [0.5, 0.6) is 0 Å². The van der Waals surface area contributed by atoms with Crippen LogP contribution in [0.2, 0.25) is 0 Å². The summed E-state index contributed by atoms with van der Waals surface area (Å²) in [5, 5.41) is 0. The topological polar surface area (TPSA) is 61.8 Å². The lowest BCUT2D eigenvalue weighted by Gasteiger charge is -2.16. The van der Waals surface area contributed by atoms with Crippen LogP contribution in [0.4, 0.5) is 0 Å². The number of hydrogen-bond donors (Lipinski definition) is 0. The molecule has 0 aliphatic rings. The maximum Gasteiger partial charge on any atom is 0.305 e. The number of unbranched alkanes of at least 4 members (excludes halogenated alkanes) is 11. The Bertz CT molecular complexity index is 424. The van der Waals surface area contributed by atoms with Crippen molar-refractivity contribution in [2.75, 3.05) is 26.9 Å². The third-order valence-electron chi connectivity index (χ3n) is 5.95. The lowest BCUT2D eigenvalue weighted by molar-refractivity contribution is -0.146. The van der Waals surface area contributed by atoms with Crippen molar-refractivity contribution in [1.82, 2.24) is 0 Å². The zero-order valence-electron chi connectivity index (χ0n) is 21.5. The minimum Gasteiger partial charge on any atom is -0.466 e. The summed E-state index contributed by atoms with van der Waals surface area (Å²) in [5.74, 6) is -0.0619. The first kappa shape index (κ1) is 30.9. The number of ether oxygens (including phenoxy) is 3. The third kappa shape index (κ3) is 22.1. The maximum atomic E-state index is 12.0. The van der Waals surface area contributed by atoms with Gasteiger partial charge in [-0.1, -0.05) is 90.9 Å². The molecule has 0 radical (unpaired) electrons. The fourth-order valence-electron chi connectivity index (χ4n) is 3.79. The van der Waals surface area contributed by atoms with Gasteiger partial charge in [0.05, 0.1) is 13.2 Å². The average molecular weight is 457 g/mol. The quantitative estimate of drug-likeness (QED) is 0.112. The van der Waals surface area contributed by atoms with E-state index in [0.29, 0.717) is 32.2 Å². The van der Waals surface area contributed by atoms with E-state index in [2.05, 4.69) is 13.8 Å². The van der Waals surface area contributed by atoms with E-state index in [4.69, 9.17) is 14.2 Å². The highest BCUT2D eigenvalue weighted by molar-refractivity contribution is 5.72. The first-order valence-electron chi connectivity index (χ1n) is 13.4. The zero-order chi connectivity index (χ0) is 23.7. The van der Waals surface area contributed by atoms with Gasteiger partial charge in [0.25, 0.3) is 0 Å². The minimum absolute atomic E-state index is 0.203. The lowest BCUT2D eigenvalue weighted by Crippen LogP contribution is -2.16. The van der Waals surface area contributed by atoms with E-state index in [0.717, 1.165) is 32.1 Å². The molecule has 5 heteroatoms. The van der Waals surface area contributed by atoms with Crippen molar-refractivity contribution in [3.63, 3.8) is 0 Å². The molecule has 0 aliphatic carbocycles. The molecule has 190 valence electrons. The van der Waals surface area contributed by atoms with Gasteiger partial charge in [0.2, 0.25) is 0 Å². The van der Waals surface area contributed by atoms with Gasteiger partial charge < -0.3 is 14.2 Å².